The van der Waals surface area contributed by atoms with Crippen LogP contribution in [0.4, 0.5) is 0 Å². The number of carbonyl (C=O) groups excluding carboxylic acids is 5. The van der Waals surface area contributed by atoms with Crippen molar-refractivity contribution in [3.8, 4) is 5.75 Å². The van der Waals surface area contributed by atoms with E-state index in [2.05, 4.69) is 10.3 Å². The largest absolute Gasteiger partial charge is 0.505 e. The van der Waals surface area contributed by atoms with Crippen LogP contribution >= 0.6 is 0 Å². The zero-order valence-electron chi connectivity index (χ0n) is 23.6. The Morgan fingerprint density at radius 2 is 1.90 bits per heavy atom. The first kappa shape index (κ1) is 31.3. The van der Waals surface area contributed by atoms with Crippen LogP contribution in [0, 0.1) is 5.92 Å². The number of aryl methyl sites for hydroxylation is 1. The van der Waals surface area contributed by atoms with Crippen molar-refractivity contribution < 1.29 is 38.6 Å². The molecular weight excluding hydrogens is 530 g/mol. The van der Waals surface area contributed by atoms with Crippen molar-refractivity contribution >= 4 is 30.0 Å². The summed E-state index contributed by atoms with van der Waals surface area (Å²) in [5.41, 5.74) is 0.524. The molecule has 41 heavy (non-hydrogen) atoms. The Hall–Kier alpha value is -4.28. The van der Waals surface area contributed by atoms with Gasteiger partial charge in [-0.1, -0.05) is 50.6 Å². The fraction of sp³-hybridized carbons (Fsp3) is 0.467. The molecule has 1 fully saturated rings. The first-order chi connectivity index (χ1) is 19.7. The number of nitrogens with one attached hydrogen (secondary N) is 1. The molecule has 2 aromatic rings. The number of rotatable bonds is 13. The van der Waals surface area contributed by atoms with Crippen molar-refractivity contribution in [2.75, 3.05) is 13.2 Å². The standard InChI is InChI=1S/C30H37N3O8/c1-4-19(3)25(29(38)33-15-9-12-23(33)30(39)41-18-20-10-7-6-8-11-20)32-28(37)26-27(36)22(17-34)21(16-31-26)13-14-24(35)40-5-2/h6-8,10-11,16-17,19,23,25,36H,4-5,9,12-15,18H2,1-3H3,(H,32,37)/t19-,23-,25-/m0/s1. The first-order valence-electron chi connectivity index (χ1n) is 13.8. The van der Waals surface area contributed by atoms with Gasteiger partial charge in [-0.25, -0.2) is 9.78 Å². The fourth-order valence-electron chi connectivity index (χ4n) is 4.69. The van der Waals surface area contributed by atoms with Gasteiger partial charge in [-0.05, 0) is 43.2 Å². The summed E-state index contributed by atoms with van der Waals surface area (Å²) in [7, 11) is 0. The molecule has 0 unspecified atom stereocenters. The molecule has 0 saturated carbocycles. The molecule has 1 aromatic heterocycles. The predicted octanol–water partition coefficient (Wildman–Crippen LogP) is 2.97. The third kappa shape index (κ3) is 7.90. The van der Waals surface area contributed by atoms with Gasteiger partial charge in [-0.2, -0.15) is 0 Å². The summed E-state index contributed by atoms with van der Waals surface area (Å²) in [6, 6.07) is 7.44. The fourth-order valence-corrected chi connectivity index (χ4v) is 4.69. The molecule has 0 radical (unpaired) electrons. The molecule has 11 heteroatoms. The molecule has 1 saturated heterocycles. The van der Waals surface area contributed by atoms with Gasteiger partial charge in [0.25, 0.3) is 5.91 Å². The molecule has 2 heterocycles. The Bertz CT molecular complexity index is 1250. The maximum atomic E-state index is 13.7. The number of hydrogen-bond donors (Lipinski definition) is 2. The Kier molecular flexibility index (Phi) is 11.4. The smallest absolute Gasteiger partial charge is 0.329 e. The zero-order valence-corrected chi connectivity index (χ0v) is 23.6. The van der Waals surface area contributed by atoms with Gasteiger partial charge in [0.1, 0.15) is 18.7 Å². The lowest BCUT2D eigenvalue weighted by Gasteiger charge is -2.31. The lowest BCUT2D eigenvalue weighted by molar-refractivity contribution is -0.155. The summed E-state index contributed by atoms with van der Waals surface area (Å²) < 4.78 is 10.4. The monoisotopic (exact) mass is 567 g/mol. The second-order valence-electron chi connectivity index (χ2n) is 9.94. The van der Waals surface area contributed by atoms with Crippen LogP contribution in [-0.2, 0) is 36.9 Å². The molecule has 1 aliphatic rings. The number of benzene rings is 1. The van der Waals surface area contributed by atoms with Gasteiger partial charge in [-0.15, -0.1) is 0 Å². The van der Waals surface area contributed by atoms with Crippen molar-refractivity contribution in [1.82, 2.24) is 15.2 Å². The lowest BCUT2D eigenvalue weighted by atomic mass is 9.97. The summed E-state index contributed by atoms with van der Waals surface area (Å²) in [5.74, 6) is -3.22. The highest BCUT2D eigenvalue weighted by Gasteiger charge is 2.40. The second-order valence-corrected chi connectivity index (χ2v) is 9.94. The minimum absolute atomic E-state index is 0.0310. The van der Waals surface area contributed by atoms with Gasteiger partial charge in [-0.3, -0.25) is 19.2 Å². The highest BCUT2D eigenvalue weighted by atomic mass is 16.5. The molecule has 0 spiro atoms. The van der Waals surface area contributed by atoms with E-state index in [1.165, 1.54) is 11.1 Å². The van der Waals surface area contributed by atoms with E-state index in [1.54, 1.807) is 13.8 Å². The normalized spacial score (nSPS) is 16.0. The van der Waals surface area contributed by atoms with E-state index in [-0.39, 0.29) is 43.1 Å². The number of esters is 2. The molecular formula is C30H37N3O8. The van der Waals surface area contributed by atoms with E-state index in [4.69, 9.17) is 9.47 Å². The number of nitrogens with zero attached hydrogens (tertiary/aromatic N) is 2. The predicted molar refractivity (Wildman–Crippen MR) is 148 cm³/mol. The zero-order chi connectivity index (χ0) is 29.9. The number of aromatic hydroxyl groups is 1. The summed E-state index contributed by atoms with van der Waals surface area (Å²) in [5, 5.41) is 13.4. The molecule has 11 nitrogen and oxygen atoms in total. The number of hydrogen-bond acceptors (Lipinski definition) is 9. The van der Waals surface area contributed by atoms with E-state index in [0.29, 0.717) is 32.1 Å². The molecule has 0 aliphatic carbocycles. The summed E-state index contributed by atoms with van der Waals surface area (Å²) in [6.07, 6.45) is 3.28. The highest BCUT2D eigenvalue weighted by molar-refractivity contribution is 6.01. The average Bonchev–Trinajstić information content (AvgIpc) is 3.47. The van der Waals surface area contributed by atoms with Gasteiger partial charge < -0.3 is 24.8 Å². The number of ether oxygens (including phenoxy) is 2. The van der Waals surface area contributed by atoms with Gasteiger partial charge in [0, 0.05) is 19.2 Å². The first-order valence-corrected chi connectivity index (χ1v) is 13.8. The molecule has 2 N–H and O–H groups in total. The Morgan fingerprint density at radius 3 is 2.56 bits per heavy atom. The SMILES string of the molecule is CCOC(=O)CCc1cnc(C(=O)N[C@H](C(=O)N2CCC[C@H]2C(=O)OCc2ccccc2)[C@@H](C)CC)c(O)c1C=O. The molecule has 1 aliphatic heterocycles. The van der Waals surface area contributed by atoms with Crippen LogP contribution in [0.15, 0.2) is 36.5 Å². The van der Waals surface area contributed by atoms with E-state index >= 15 is 0 Å². The Balaban J connectivity index is 1.75. The van der Waals surface area contributed by atoms with Crippen molar-refractivity contribution in [3.05, 3.63) is 58.9 Å². The maximum Gasteiger partial charge on any atom is 0.329 e. The van der Waals surface area contributed by atoms with E-state index in [9.17, 15) is 29.1 Å². The summed E-state index contributed by atoms with van der Waals surface area (Å²) in [6.45, 7) is 5.97. The lowest BCUT2D eigenvalue weighted by Crippen LogP contribution is -2.54. The van der Waals surface area contributed by atoms with Crippen LogP contribution in [0.5, 0.6) is 5.75 Å². The summed E-state index contributed by atoms with van der Waals surface area (Å²) in [4.78, 5) is 68.8. The van der Waals surface area contributed by atoms with Crippen LogP contribution in [0.2, 0.25) is 0 Å². The molecule has 220 valence electrons. The third-order valence-electron chi connectivity index (χ3n) is 7.21. The van der Waals surface area contributed by atoms with Gasteiger partial charge in [0.2, 0.25) is 5.91 Å². The van der Waals surface area contributed by atoms with Crippen LogP contribution in [0.1, 0.15) is 78.4 Å². The van der Waals surface area contributed by atoms with E-state index in [1.807, 2.05) is 37.3 Å². The van der Waals surface area contributed by atoms with Crippen LogP contribution in [0.3, 0.4) is 0 Å². The van der Waals surface area contributed by atoms with Gasteiger partial charge in [0.05, 0.1) is 12.2 Å². The molecule has 0 bridgehead atoms. The van der Waals surface area contributed by atoms with Crippen molar-refractivity contribution in [3.63, 3.8) is 0 Å². The number of carbonyl (C=O) groups is 5. The number of pyridine rings is 1. The van der Waals surface area contributed by atoms with Crippen molar-refractivity contribution in [1.29, 1.82) is 0 Å². The van der Waals surface area contributed by atoms with Crippen LogP contribution in [0.25, 0.3) is 0 Å². The molecule has 1 aromatic carbocycles. The minimum atomic E-state index is -1.01. The van der Waals surface area contributed by atoms with Crippen LogP contribution < -0.4 is 5.32 Å². The number of aromatic nitrogens is 1. The van der Waals surface area contributed by atoms with E-state index in [0.717, 1.165) is 5.56 Å². The Labute approximate surface area is 239 Å². The molecule has 3 rings (SSSR count). The summed E-state index contributed by atoms with van der Waals surface area (Å²) >= 11 is 0. The minimum Gasteiger partial charge on any atom is -0.505 e. The van der Waals surface area contributed by atoms with Crippen molar-refractivity contribution in [2.45, 2.75) is 71.6 Å². The van der Waals surface area contributed by atoms with Crippen LogP contribution in [-0.4, -0.2) is 70.3 Å². The number of likely N-dealkylation sites (tertiary alicyclic amines) is 1. The quantitative estimate of drug-likeness (QED) is 0.275. The molecule has 3 atom stereocenters. The Morgan fingerprint density at radius 1 is 1.17 bits per heavy atom. The van der Waals surface area contributed by atoms with Gasteiger partial charge >= 0.3 is 11.9 Å². The van der Waals surface area contributed by atoms with Crippen molar-refractivity contribution in [2.24, 2.45) is 5.92 Å². The molecule has 2 amide bonds. The number of aldehydes is 1. The topological polar surface area (TPSA) is 152 Å². The third-order valence-corrected chi connectivity index (χ3v) is 7.21. The van der Waals surface area contributed by atoms with E-state index < -0.39 is 47.3 Å². The second kappa shape index (κ2) is 14.9. The number of amides is 2. The highest BCUT2D eigenvalue weighted by Crippen LogP contribution is 2.26. The average molecular weight is 568 g/mol. The maximum absolute atomic E-state index is 13.7. The van der Waals surface area contributed by atoms with Gasteiger partial charge in [0.15, 0.2) is 17.7 Å².